The number of aromatic nitrogens is 1. The summed E-state index contributed by atoms with van der Waals surface area (Å²) >= 11 is 0. The van der Waals surface area contributed by atoms with Gasteiger partial charge in [0.15, 0.2) is 5.82 Å². The quantitative estimate of drug-likeness (QED) is 0.329. The zero-order valence-corrected chi connectivity index (χ0v) is 17.4. The van der Waals surface area contributed by atoms with Crippen LogP contribution in [0.5, 0.6) is 5.88 Å². The Balaban J connectivity index is 0.00000341. The molecule has 1 aromatic rings. The van der Waals surface area contributed by atoms with Crippen LogP contribution >= 0.6 is 0 Å². The Bertz CT molecular complexity index is 895. The smallest absolute Gasteiger partial charge is 0.239 e. The number of piperazine rings is 1. The van der Waals surface area contributed by atoms with E-state index in [0.717, 1.165) is 45.1 Å². The van der Waals surface area contributed by atoms with Crippen LogP contribution < -0.4 is 15.4 Å². The third kappa shape index (κ3) is 5.43. The number of nitrogens with two attached hydrogens (primary N) is 1. The summed E-state index contributed by atoms with van der Waals surface area (Å²) < 4.78 is 10.8. The Kier molecular flexibility index (Phi) is 7.54. The minimum Gasteiger partial charge on any atom is -0.479 e. The van der Waals surface area contributed by atoms with Crippen molar-refractivity contribution >= 4 is 23.7 Å². The second kappa shape index (κ2) is 10.5. The van der Waals surface area contributed by atoms with Crippen LogP contribution in [0.15, 0.2) is 45.9 Å². The summed E-state index contributed by atoms with van der Waals surface area (Å²) in [6.07, 6.45) is 6.47. The average molecular weight is 412 g/mol. The molecular formula is C21H29N7O2. The van der Waals surface area contributed by atoms with E-state index < -0.39 is 0 Å². The van der Waals surface area contributed by atoms with Gasteiger partial charge in [-0.2, -0.15) is 15.2 Å². The maximum atomic E-state index is 8.85. The van der Waals surface area contributed by atoms with E-state index >= 15 is 0 Å². The second-order valence-corrected chi connectivity index (χ2v) is 6.88. The first-order chi connectivity index (χ1) is 14.6. The van der Waals surface area contributed by atoms with E-state index in [2.05, 4.69) is 30.8 Å². The van der Waals surface area contributed by atoms with E-state index in [1.54, 1.807) is 38.3 Å². The number of pyridine rings is 1. The molecule has 30 heavy (non-hydrogen) atoms. The second-order valence-electron chi connectivity index (χ2n) is 6.88. The van der Waals surface area contributed by atoms with Gasteiger partial charge in [0.25, 0.3) is 0 Å². The number of hydrogen-bond donors (Lipinski definition) is 1. The van der Waals surface area contributed by atoms with E-state index in [1.165, 1.54) is 6.21 Å². The average Bonchev–Trinajstić information content (AvgIpc) is 2.73. The molecule has 3 heterocycles. The summed E-state index contributed by atoms with van der Waals surface area (Å²) in [5, 5.41) is 8.85. The van der Waals surface area contributed by atoms with Crippen molar-refractivity contribution in [1.29, 1.82) is 5.26 Å². The Morgan fingerprint density at radius 1 is 1.37 bits per heavy atom. The Hall–Kier alpha value is -3.22. The van der Waals surface area contributed by atoms with Crippen molar-refractivity contribution in [3.05, 3.63) is 35.9 Å². The normalized spacial score (nSPS) is 19.3. The van der Waals surface area contributed by atoms with Crippen molar-refractivity contribution in [2.75, 3.05) is 51.4 Å². The summed E-state index contributed by atoms with van der Waals surface area (Å²) in [5.41, 5.74) is 7.34. The van der Waals surface area contributed by atoms with Crippen molar-refractivity contribution in [2.45, 2.75) is 13.0 Å². The first-order valence-electron chi connectivity index (χ1n) is 9.87. The number of hydrogen-bond acceptors (Lipinski definition) is 7. The third-order valence-electron chi connectivity index (χ3n) is 5.05. The number of allylic oxidation sites excluding steroid dienone is 4. The van der Waals surface area contributed by atoms with E-state index in [1.807, 2.05) is 6.07 Å². The number of nitriles is 1. The molecule has 160 valence electrons. The van der Waals surface area contributed by atoms with Crippen LogP contribution in [0.2, 0.25) is 0 Å². The highest BCUT2D eigenvalue weighted by Gasteiger charge is 2.29. The predicted octanol–water partition coefficient (Wildman–Crippen LogP) is 1.90. The van der Waals surface area contributed by atoms with Gasteiger partial charge in [0, 0.05) is 39.4 Å². The molecule has 0 saturated carbocycles. The molecule has 2 fully saturated rings. The number of aliphatic imine (C=N–C) groups is 2. The van der Waals surface area contributed by atoms with Crippen molar-refractivity contribution in [3.8, 4) is 11.9 Å². The van der Waals surface area contributed by atoms with Gasteiger partial charge in [0.2, 0.25) is 11.8 Å². The number of rotatable bonds is 6. The maximum absolute atomic E-state index is 8.85. The monoisotopic (exact) mass is 411 g/mol. The van der Waals surface area contributed by atoms with Gasteiger partial charge >= 0.3 is 0 Å². The first kappa shape index (κ1) is 21.5. The van der Waals surface area contributed by atoms with Gasteiger partial charge < -0.3 is 20.1 Å². The molecule has 9 nitrogen and oxygen atoms in total. The minimum atomic E-state index is 0. The number of methoxy groups -OCH3 is 1. The van der Waals surface area contributed by atoms with Gasteiger partial charge in [-0.3, -0.25) is 4.90 Å². The number of anilines is 1. The topological polar surface area (TPSA) is 112 Å². The first-order valence-corrected chi connectivity index (χ1v) is 9.87. The molecule has 0 atom stereocenters. The van der Waals surface area contributed by atoms with Crippen LogP contribution in [-0.4, -0.2) is 74.6 Å². The zero-order chi connectivity index (χ0) is 21.3. The Morgan fingerprint density at radius 2 is 2.13 bits per heavy atom. The molecule has 0 spiro atoms. The Morgan fingerprint density at radius 3 is 2.73 bits per heavy atom. The lowest BCUT2D eigenvalue weighted by molar-refractivity contribution is -0.0660. The highest BCUT2D eigenvalue weighted by molar-refractivity contribution is 5.91. The van der Waals surface area contributed by atoms with E-state index in [-0.39, 0.29) is 7.39 Å². The third-order valence-corrected chi connectivity index (χ3v) is 5.05. The van der Waals surface area contributed by atoms with Crippen molar-refractivity contribution in [3.63, 3.8) is 0 Å². The molecule has 2 saturated heterocycles. The molecule has 0 unspecified atom stereocenters. The van der Waals surface area contributed by atoms with E-state index in [0.29, 0.717) is 23.3 Å². The highest BCUT2D eigenvalue weighted by atomic mass is 16.5. The lowest BCUT2D eigenvalue weighted by Gasteiger charge is -2.43. The SMILES string of the molecule is C/C=C(C#N)/C=C/C=N/C(N)=Nc1ccc(N2CCN(C3COC3)CC2)c(OC)n1.[HH]. The van der Waals surface area contributed by atoms with Crippen molar-refractivity contribution in [2.24, 2.45) is 15.7 Å². The van der Waals surface area contributed by atoms with Crippen LogP contribution in [0.3, 0.4) is 0 Å². The molecule has 9 heteroatoms. The van der Waals surface area contributed by atoms with Crippen LogP contribution in [0, 0.1) is 11.3 Å². The lowest BCUT2D eigenvalue weighted by Crippen LogP contribution is -2.56. The van der Waals surface area contributed by atoms with E-state index in [9.17, 15) is 0 Å². The summed E-state index contributed by atoms with van der Waals surface area (Å²) in [5.74, 6) is 1.00. The molecule has 0 aliphatic carbocycles. The fourth-order valence-corrected chi connectivity index (χ4v) is 3.25. The maximum Gasteiger partial charge on any atom is 0.239 e. The van der Waals surface area contributed by atoms with Crippen LogP contribution in [0.1, 0.15) is 8.35 Å². The highest BCUT2D eigenvalue weighted by Crippen LogP contribution is 2.30. The van der Waals surface area contributed by atoms with Gasteiger partial charge in [0.1, 0.15) is 5.69 Å². The fourth-order valence-electron chi connectivity index (χ4n) is 3.25. The van der Waals surface area contributed by atoms with Crippen molar-refractivity contribution < 1.29 is 10.9 Å². The summed E-state index contributed by atoms with van der Waals surface area (Å²) in [6.45, 7) is 7.28. The number of nitrogens with zero attached hydrogens (tertiary/aromatic N) is 6. The molecule has 2 aliphatic rings. The largest absolute Gasteiger partial charge is 0.479 e. The molecular weight excluding hydrogens is 382 g/mol. The summed E-state index contributed by atoms with van der Waals surface area (Å²) in [6, 6.07) is 6.37. The van der Waals surface area contributed by atoms with Crippen molar-refractivity contribution in [1.82, 2.24) is 9.88 Å². The molecule has 2 N–H and O–H groups in total. The molecule has 0 amide bonds. The van der Waals surface area contributed by atoms with Crippen LogP contribution in [-0.2, 0) is 4.74 Å². The fraction of sp³-hybridized carbons (Fsp3) is 0.429. The summed E-state index contributed by atoms with van der Waals surface area (Å²) in [7, 11) is 1.60. The van der Waals surface area contributed by atoms with Gasteiger partial charge in [-0.1, -0.05) is 6.08 Å². The van der Waals surface area contributed by atoms with Crippen LogP contribution in [0.25, 0.3) is 0 Å². The van der Waals surface area contributed by atoms with Gasteiger partial charge in [-0.25, -0.2) is 4.99 Å². The molecule has 3 rings (SSSR count). The van der Waals surface area contributed by atoms with Gasteiger partial charge in [-0.05, 0) is 31.2 Å². The Labute approximate surface area is 178 Å². The zero-order valence-electron chi connectivity index (χ0n) is 17.4. The lowest BCUT2D eigenvalue weighted by atomic mass is 10.1. The minimum absolute atomic E-state index is 0. The van der Waals surface area contributed by atoms with Gasteiger partial charge in [0.05, 0.1) is 32.4 Å². The predicted molar refractivity (Wildman–Crippen MR) is 120 cm³/mol. The standard InChI is InChI=1S/C21H27N7O2.H2/c1-3-16(13-22)5-4-8-24-21(23)26-19-7-6-18(20(25-19)29-2)28-11-9-27(10-12-28)17-14-30-15-17;/h3-8,17H,9-12,14-15H2,1-2H3,(H2,23,25,26);1H/b5-4+,16-3-,24-8+;. The molecule has 1 aromatic heterocycles. The molecule has 0 radical (unpaired) electrons. The van der Waals surface area contributed by atoms with Crippen LogP contribution in [0.4, 0.5) is 11.5 Å². The van der Waals surface area contributed by atoms with Gasteiger partial charge in [-0.15, -0.1) is 0 Å². The number of ether oxygens (including phenoxy) is 2. The molecule has 0 bridgehead atoms. The van der Waals surface area contributed by atoms with E-state index in [4.69, 9.17) is 20.5 Å². The molecule has 2 aliphatic heterocycles. The molecule has 0 aromatic carbocycles. The number of guanidine groups is 1. The summed E-state index contributed by atoms with van der Waals surface area (Å²) in [4.78, 5) is 17.5.